The number of halogens is 2. The first-order valence-corrected chi connectivity index (χ1v) is 13.3. The minimum atomic E-state index is -0.0611. The molecule has 3 heterocycles. The zero-order valence-electron chi connectivity index (χ0n) is 21.7. The van der Waals surface area contributed by atoms with Crippen molar-refractivity contribution in [2.24, 2.45) is 0 Å². The Morgan fingerprint density at radius 2 is 1.73 bits per heavy atom. The molecule has 1 aliphatic heterocycles. The number of hydrogen-bond acceptors (Lipinski definition) is 4. The molecule has 1 amide bonds. The fourth-order valence-electron chi connectivity index (χ4n) is 5.42. The maximum Gasteiger partial charge on any atom is 0.268 e. The van der Waals surface area contributed by atoms with E-state index >= 15 is 0 Å². The Labute approximate surface area is 227 Å². The van der Waals surface area contributed by atoms with Crippen LogP contribution in [0.25, 0.3) is 22.0 Å². The number of nitrogens with zero attached hydrogens (tertiary/aromatic N) is 3. The van der Waals surface area contributed by atoms with E-state index in [0.717, 1.165) is 67.3 Å². The van der Waals surface area contributed by atoms with Gasteiger partial charge in [0.2, 0.25) is 0 Å². The number of carbonyl (C=O) groups excluding carboxylic acids is 1. The second-order valence-electron chi connectivity index (χ2n) is 9.82. The van der Waals surface area contributed by atoms with E-state index < -0.39 is 0 Å². The lowest BCUT2D eigenvalue weighted by atomic mass is 9.97. The van der Waals surface area contributed by atoms with Gasteiger partial charge in [-0.1, -0.05) is 29.3 Å². The molecule has 0 aliphatic carbocycles. The van der Waals surface area contributed by atoms with Crippen LogP contribution in [0.3, 0.4) is 0 Å². The Kier molecular flexibility index (Phi) is 6.90. The number of aryl methyl sites for hydroxylation is 5. The van der Waals surface area contributed by atoms with Crippen molar-refractivity contribution in [2.45, 2.75) is 53.5 Å². The Balaban J connectivity index is 1.57. The van der Waals surface area contributed by atoms with Crippen molar-refractivity contribution in [1.29, 1.82) is 0 Å². The summed E-state index contributed by atoms with van der Waals surface area (Å²) in [5.41, 5.74) is 8.17. The van der Waals surface area contributed by atoms with E-state index in [1.807, 2.05) is 52.0 Å². The average Bonchev–Trinajstić information content (AvgIpc) is 3.19. The predicted molar refractivity (Wildman–Crippen MR) is 149 cm³/mol. The average molecular weight is 537 g/mol. The van der Waals surface area contributed by atoms with E-state index in [-0.39, 0.29) is 11.9 Å². The van der Waals surface area contributed by atoms with E-state index in [1.165, 1.54) is 0 Å². The summed E-state index contributed by atoms with van der Waals surface area (Å²) in [5.74, 6) is 0.743. The molecule has 1 atom stereocenters. The Morgan fingerprint density at radius 1 is 1.05 bits per heavy atom. The fourth-order valence-corrected chi connectivity index (χ4v) is 5.78. The third-order valence-electron chi connectivity index (χ3n) is 7.16. The zero-order chi connectivity index (χ0) is 26.4. The fraction of sp³-hybridized carbons (Fsp3) is 0.345. The van der Waals surface area contributed by atoms with Crippen LogP contribution in [-0.2, 0) is 6.42 Å². The van der Waals surface area contributed by atoms with E-state index in [2.05, 4.69) is 26.8 Å². The van der Waals surface area contributed by atoms with Crippen molar-refractivity contribution in [3.63, 3.8) is 0 Å². The molecule has 2 aromatic carbocycles. The number of nitrogens with one attached hydrogen (secondary N) is 1. The van der Waals surface area contributed by atoms with Crippen LogP contribution in [0.2, 0.25) is 10.0 Å². The summed E-state index contributed by atoms with van der Waals surface area (Å²) in [6.45, 7) is 11.1. The molecule has 192 valence electrons. The molecule has 0 spiro atoms. The van der Waals surface area contributed by atoms with Crippen LogP contribution in [0.1, 0.15) is 58.0 Å². The molecule has 8 heteroatoms. The van der Waals surface area contributed by atoms with Crippen molar-refractivity contribution in [3.05, 3.63) is 74.4 Å². The molecule has 0 unspecified atom stereocenters. The molecule has 0 fully saturated rings. The van der Waals surface area contributed by atoms with Crippen LogP contribution < -0.4 is 10.1 Å². The lowest BCUT2D eigenvalue weighted by Crippen LogP contribution is -2.38. The molecular formula is C29H30Cl2N4O2. The Morgan fingerprint density at radius 3 is 2.41 bits per heavy atom. The molecule has 37 heavy (non-hydrogen) atoms. The molecule has 5 rings (SSSR count). The maximum atomic E-state index is 13.2. The topological polar surface area (TPSA) is 69.0 Å². The van der Waals surface area contributed by atoms with Crippen molar-refractivity contribution < 1.29 is 9.53 Å². The minimum absolute atomic E-state index is 0.0611. The highest BCUT2D eigenvalue weighted by atomic mass is 35.5. The third-order valence-corrected chi connectivity index (χ3v) is 8.07. The summed E-state index contributed by atoms with van der Waals surface area (Å²) < 4.78 is 8.22. The second kappa shape index (κ2) is 9.99. The highest BCUT2D eigenvalue weighted by Crippen LogP contribution is 2.43. The first kappa shape index (κ1) is 25.6. The number of ether oxygens (including phenoxy) is 1. The molecule has 1 N–H and O–H groups in total. The van der Waals surface area contributed by atoms with Gasteiger partial charge in [0.15, 0.2) is 0 Å². The van der Waals surface area contributed by atoms with Gasteiger partial charge >= 0.3 is 0 Å². The van der Waals surface area contributed by atoms with Gasteiger partial charge in [-0.2, -0.15) is 0 Å². The number of amides is 1. The monoisotopic (exact) mass is 536 g/mol. The number of benzene rings is 2. The molecule has 0 saturated heterocycles. The van der Waals surface area contributed by atoms with Crippen LogP contribution in [0.5, 0.6) is 5.75 Å². The first-order valence-electron chi connectivity index (χ1n) is 12.5. The summed E-state index contributed by atoms with van der Waals surface area (Å²) in [5, 5.41) is 5.47. The van der Waals surface area contributed by atoms with Crippen LogP contribution >= 0.6 is 23.2 Å². The summed E-state index contributed by atoms with van der Waals surface area (Å²) in [6, 6.07) is 7.94. The second-order valence-corrected chi connectivity index (χ2v) is 10.6. The molecule has 0 bridgehead atoms. The van der Waals surface area contributed by atoms with Crippen molar-refractivity contribution in [2.75, 3.05) is 13.2 Å². The molecule has 0 saturated carbocycles. The number of rotatable bonds is 6. The van der Waals surface area contributed by atoms with E-state index in [0.29, 0.717) is 30.3 Å². The van der Waals surface area contributed by atoms with E-state index in [9.17, 15) is 4.79 Å². The van der Waals surface area contributed by atoms with E-state index in [4.69, 9.17) is 27.9 Å². The van der Waals surface area contributed by atoms with Gasteiger partial charge in [0.25, 0.3) is 5.91 Å². The zero-order valence-corrected chi connectivity index (χ0v) is 23.2. The minimum Gasteiger partial charge on any atom is -0.494 e. The van der Waals surface area contributed by atoms with Gasteiger partial charge in [-0.25, -0.2) is 9.97 Å². The molecule has 6 nitrogen and oxygen atoms in total. The molecule has 4 aromatic rings. The van der Waals surface area contributed by atoms with Crippen molar-refractivity contribution >= 4 is 40.0 Å². The highest BCUT2D eigenvalue weighted by Gasteiger charge is 2.31. The SMILES string of the molecule is Cc1cc(OCCCc2c3n(c4c(-c5c(C)ncnc5C)c(Cl)ccc24)[C@H](C)CNC3=O)cc(C)c1Cl. The number of carbonyl (C=O) groups is 1. The quantitative estimate of drug-likeness (QED) is 0.270. The summed E-state index contributed by atoms with van der Waals surface area (Å²) in [6.07, 6.45) is 3.01. The predicted octanol–water partition coefficient (Wildman–Crippen LogP) is 6.95. The van der Waals surface area contributed by atoms with Crippen LogP contribution in [0, 0.1) is 27.7 Å². The summed E-state index contributed by atoms with van der Waals surface area (Å²) in [4.78, 5) is 22.1. The van der Waals surface area contributed by atoms with E-state index in [1.54, 1.807) is 6.33 Å². The van der Waals surface area contributed by atoms with Crippen molar-refractivity contribution in [3.8, 4) is 16.9 Å². The molecular weight excluding hydrogens is 507 g/mol. The lowest BCUT2D eigenvalue weighted by molar-refractivity contribution is 0.0918. The number of fused-ring (bicyclic) bond motifs is 3. The first-order chi connectivity index (χ1) is 17.7. The Hall–Kier alpha value is -3.09. The lowest BCUT2D eigenvalue weighted by Gasteiger charge is -2.26. The van der Waals surface area contributed by atoms with Gasteiger partial charge in [-0.05, 0) is 82.3 Å². The maximum absolute atomic E-state index is 13.2. The largest absolute Gasteiger partial charge is 0.494 e. The standard InChI is InChI=1S/C29H30Cl2N4O2/c1-15-11-20(12-16(2)26(15)31)37-10-6-7-21-22-8-9-23(30)25(24-18(4)33-14-34-19(24)5)27(22)35-17(3)13-32-29(36)28(21)35/h8-9,11-12,14,17H,6-7,10,13H2,1-5H3,(H,32,36)/t17-/m1/s1. The van der Waals surface area contributed by atoms with Crippen LogP contribution in [-0.4, -0.2) is 33.6 Å². The smallest absolute Gasteiger partial charge is 0.268 e. The van der Waals surface area contributed by atoms with Gasteiger partial charge in [0.05, 0.1) is 17.1 Å². The normalized spacial score (nSPS) is 15.1. The molecule has 2 aromatic heterocycles. The highest BCUT2D eigenvalue weighted by molar-refractivity contribution is 6.35. The Bertz CT molecular complexity index is 1500. The van der Waals surface area contributed by atoms with Gasteiger partial charge in [-0.3, -0.25) is 4.79 Å². The molecule has 1 aliphatic rings. The van der Waals surface area contributed by atoms with Gasteiger partial charge in [-0.15, -0.1) is 0 Å². The van der Waals surface area contributed by atoms with Gasteiger partial charge < -0.3 is 14.6 Å². The van der Waals surface area contributed by atoms with Gasteiger partial charge in [0.1, 0.15) is 17.8 Å². The summed E-state index contributed by atoms with van der Waals surface area (Å²) >= 11 is 13.2. The van der Waals surface area contributed by atoms with Gasteiger partial charge in [0, 0.05) is 45.5 Å². The number of aromatic nitrogens is 3. The third kappa shape index (κ3) is 4.47. The van der Waals surface area contributed by atoms with Crippen LogP contribution in [0.15, 0.2) is 30.6 Å². The van der Waals surface area contributed by atoms with Crippen LogP contribution in [0.4, 0.5) is 0 Å². The number of hydrogen-bond donors (Lipinski definition) is 1. The summed E-state index contributed by atoms with van der Waals surface area (Å²) in [7, 11) is 0. The van der Waals surface area contributed by atoms with Crippen molar-refractivity contribution in [1.82, 2.24) is 19.9 Å². The molecule has 0 radical (unpaired) electrons.